The van der Waals surface area contributed by atoms with Crippen LogP contribution in [-0.4, -0.2) is 46.4 Å². The second-order valence-corrected chi connectivity index (χ2v) is 3.04. The van der Waals surface area contributed by atoms with E-state index in [1.807, 2.05) is 0 Å². The monoisotopic (exact) mass is 349 g/mol. The minimum Gasteiger partial charge on any atom is -0.452 e. The van der Waals surface area contributed by atoms with E-state index in [9.17, 15) is 0 Å². The summed E-state index contributed by atoms with van der Waals surface area (Å²) in [6.07, 6.45) is 14.5. The molecule has 14 nitrogen and oxygen atoms in total. The average molecular weight is 349 g/mol. The van der Waals surface area contributed by atoms with Crippen LogP contribution < -0.4 is 0 Å². The largest absolute Gasteiger partial charge is 0.452 e. The summed E-state index contributed by atoms with van der Waals surface area (Å²) in [6, 6.07) is 1.72. The number of oxazole rings is 1. The molecule has 130 valence electrons. The average Bonchev–Trinajstić information content (AvgIpc) is 3.55. The second kappa shape index (κ2) is 16.1. The Labute approximate surface area is 138 Å². The minimum absolute atomic E-state index is 1.15. The maximum atomic E-state index is 4.47. The first-order chi connectivity index (χ1) is 12.5. The Morgan fingerprint density at radius 2 is 1.52 bits per heavy atom. The Morgan fingerprint density at radius 3 is 1.72 bits per heavy atom. The molecule has 0 fully saturated rings. The van der Waals surface area contributed by atoms with E-state index in [2.05, 4.69) is 69.0 Å². The lowest BCUT2D eigenvalue weighted by Gasteiger charge is -1.48. The van der Waals surface area contributed by atoms with Gasteiger partial charge in [-0.25, -0.2) is 9.61 Å². The van der Waals surface area contributed by atoms with E-state index in [1.165, 1.54) is 43.8 Å². The number of nitrogens with zero attached hydrogens (tertiary/aromatic N) is 9. The van der Waals surface area contributed by atoms with E-state index in [0.29, 0.717) is 0 Å². The lowest BCUT2D eigenvalue weighted by atomic mass is 10.8. The van der Waals surface area contributed by atoms with E-state index >= 15 is 0 Å². The van der Waals surface area contributed by atoms with E-state index < -0.39 is 0 Å². The summed E-state index contributed by atoms with van der Waals surface area (Å²) in [7, 11) is 0. The highest BCUT2D eigenvalue weighted by Gasteiger charge is 1.63. The fourth-order valence-electron chi connectivity index (χ4n) is 0.729. The quantitative estimate of drug-likeness (QED) is 0.385. The summed E-state index contributed by atoms with van der Waals surface area (Å²) in [5.74, 6) is 0. The third kappa shape index (κ3) is 14.5. The molecule has 0 aliphatic carbocycles. The predicted octanol–water partition coefficient (Wildman–Crippen LogP) is 0.953. The molecule has 0 saturated carbocycles. The zero-order valence-corrected chi connectivity index (χ0v) is 12.4. The minimum atomic E-state index is 1.15. The van der Waals surface area contributed by atoms with Gasteiger partial charge in [0.25, 0.3) is 0 Å². The summed E-state index contributed by atoms with van der Waals surface area (Å²) in [6.45, 7) is 0. The SMILES string of the molecule is c1cnoc1.c1cnon1.c1cocn1.c1conn1.c1nnno1. The van der Waals surface area contributed by atoms with Crippen molar-refractivity contribution in [3.8, 4) is 0 Å². The Kier molecular flexibility index (Phi) is 12.2. The van der Waals surface area contributed by atoms with Crippen LogP contribution in [0.4, 0.5) is 0 Å². The highest BCUT2D eigenvalue weighted by molar-refractivity contribution is 4.67. The molecule has 14 heteroatoms. The van der Waals surface area contributed by atoms with Crippen LogP contribution in [0.2, 0.25) is 0 Å². The number of aromatic nitrogens is 9. The smallest absolute Gasteiger partial charge is 0.235 e. The number of hydrogen-bond donors (Lipinski definition) is 0. The molecule has 5 aromatic rings. The topological polar surface area (TPSA) is 182 Å². The van der Waals surface area contributed by atoms with Crippen LogP contribution in [-0.2, 0) is 0 Å². The summed E-state index contributed by atoms with van der Waals surface area (Å²) < 4.78 is 21.2. The zero-order valence-electron chi connectivity index (χ0n) is 12.4. The summed E-state index contributed by atoms with van der Waals surface area (Å²) in [5.41, 5.74) is 0. The van der Waals surface area contributed by atoms with E-state index in [-0.39, 0.29) is 0 Å². The van der Waals surface area contributed by atoms with Gasteiger partial charge >= 0.3 is 0 Å². The van der Waals surface area contributed by atoms with Crippen molar-refractivity contribution >= 4 is 0 Å². The van der Waals surface area contributed by atoms with Crippen molar-refractivity contribution in [2.75, 3.05) is 0 Å². The van der Waals surface area contributed by atoms with Crippen molar-refractivity contribution in [3.05, 3.63) is 68.6 Å². The van der Waals surface area contributed by atoms with Gasteiger partial charge in [-0.05, 0) is 11.3 Å². The van der Waals surface area contributed by atoms with Crippen LogP contribution in [0.3, 0.4) is 0 Å². The first-order valence-electron chi connectivity index (χ1n) is 6.17. The second-order valence-electron chi connectivity index (χ2n) is 3.04. The summed E-state index contributed by atoms with van der Waals surface area (Å²) in [5, 5.41) is 25.5. The van der Waals surface area contributed by atoms with Gasteiger partial charge < -0.3 is 18.0 Å². The molecule has 0 amide bonds. The van der Waals surface area contributed by atoms with Crippen molar-refractivity contribution in [1.82, 2.24) is 46.4 Å². The van der Waals surface area contributed by atoms with Gasteiger partial charge in [0.2, 0.25) is 6.39 Å². The van der Waals surface area contributed by atoms with Gasteiger partial charge in [-0.2, -0.15) is 0 Å². The normalized spacial score (nSPS) is 8.00. The standard InChI is InChI=1S/2C3H3NO.2C2H2N2O.CHN3O/c1-2-5-3-4-1;1-2-4-5-3-1;1-2-5-4-3-1;1-2-4-5-3-1;1-2-3-4-5-1/h2*1-3H;2*1-2H;1H. The van der Waals surface area contributed by atoms with Crippen molar-refractivity contribution in [1.29, 1.82) is 0 Å². The van der Waals surface area contributed by atoms with Crippen molar-refractivity contribution in [3.63, 3.8) is 0 Å². The molecule has 0 bridgehead atoms. The first-order valence-corrected chi connectivity index (χ1v) is 6.17. The molecule has 0 radical (unpaired) electrons. The molecule has 0 atom stereocenters. The van der Waals surface area contributed by atoms with Gasteiger partial charge in [0.05, 0.1) is 36.3 Å². The molecule has 5 heterocycles. The third-order valence-corrected chi connectivity index (χ3v) is 1.49. The van der Waals surface area contributed by atoms with E-state index in [1.54, 1.807) is 18.5 Å². The Morgan fingerprint density at radius 1 is 0.600 bits per heavy atom. The van der Waals surface area contributed by atoms with Crippen LogP contribution in [0.15, 0.2) is 91.2 Å². The van der Waals surface area contributed by atoms with Crippen LogP contribution in [0.5, 0.6) is 0 Å². The van der Waals surface area contributed by atoms with Crippen LogP contribution in [0.1, 0.15) is 0 Å². The fourth-order valence-corrected chi connectivity index (χ4v) is 0.729. The molecule has 0 aromatic carbocycles. The molecule has 25 heavy (non-hydrogen) atoms. The Bertz CT molecular complexity index is 473. The van der Waals surface area contributed by atoms with E-state index in [4.69, 9.17) is 0 Å². The highest BCUT2D eigenvalue weighted by Crippen LogP contribution is 1.72. The number of hydrogen-bond acceptors (Lipinski definition) is 14. The van der Waals surface area contributed by atoms with Gasteiger partial charge in [-0.1, -0.05) is 20.6 Å². The van der Waals surface area contributed by atoms with Crippen LogP contribution >= 0.6 is 0 Å². The molecule has 0 aliphatic heterocycles. The molecule has 5 aromatic heterocycles. The maximum Gasteiger partial charge on any atom is 0.235 e. The highest BCUT2D eigenvalue weighted by atomic mass is 16.6. The maximum absolute atomic E-state index is 4.47. The van der Waals surface area contributed by atoms with Gasteiger partial charge in [0.1, 0.15) is 18.8 Å². The zero-order chi connectivity index (χ0) is 17.7. The molecule has 5 rings (SSSR count). The van der Waals surface area contributed by atoms with Gasteiger partial charge in [0, 0.05) is 5.27 Å². The number of rotatable bonds is 0. The molecule has 0 unspecified atom stereocenters. The molecular weight excluding hydrogens is 338 g/mol. The van der Waals surface area contributed by atoms with Crippen LogP contribution in [0, 0.1) is 0 Å². The lowest BCUT2D eigenvalue weighted by Crippen LogP contribution is -1.61. The third-order valence-electron chi connectivity index (χ3n) is 1.49. The Balaban J connectivity index is 0.000000156. The summed E-state index contributed by atoms with van der Waals surface area (Å²) in [4.78, 5) is 3.56. The first kappa shape index (κ1) is 18.8. The molecule has 0 N–H and O–H groups in total. The Hall–Kier alpha value is -4.23. The van der Waals surface area contributed by atoms with Gasteiger partial charge in [0.15, 0.2) is 6.39 Å². The molecule has 0 aliphatic rings. The molecule has 0 spiro atoms. The van der Waals surface area contributed by atoms with Crippen molar-refractivity contribution < 1.29 is 22.6 Å². The summed E-state index contributed by atoms with van der Waals surface area (Å²) >= 11 is 0. The molecule has 0 saturated heterocycles. The van der Waals surface area contributed by atoms with Crippen LogP contribution in [0.25, 0.3) is 0 Å². The van der Waals surface area contributed by atoms with Crippen molar-refractivity contribution in [2.45, 2.75) is 0 Å². The molecular formula is C11H11N9O5. The van der Waals surface area contributed by atoms with Gasteiger partial charge in [-0.15, -0.1) is 5.10 Å². The van der Waals surface area contributed by atoms with E-state index in [0.717, 1.165) is 6.39 Å². The van der Waals surface area contributed by atoms with Crippen molar-refractivity contribution in [2.24, 2.45) is 0 Å². The van der Waals surface area contributed by atoms with Gasteiger partial charge in [-0.3, -0.25) is 0 Å². The predicted molar refractivity (Wildman–Crippen MR) is 73.7 cm³/mol. The lowest BCUT2D eigenvalue weighted by molar-refractivity contribution is 0.307. The fraction of sp³-hybridized carbons (Fsp3) is 0.